The van der Waals surface area contributed by atoms with Gasteiger partial charge in [-0.25, -0.2) is 0 Å². The van der Waals surface area contributed by atoms with E-state index in [1.807, 2.05) is 43.3 Å². The summed E-state index contributed by atoms with van der Waals surface area (Å²) in [4.78, 5) is 23.5. The third-order valence-electron chi connectivity index (χ3n) is 6.16. The van der Waals surface area contributed by atoms with Crippen LogP contribution in [0.2, 0.25) is 0 Å². The van der Waals surface area contributed by atoms with Gasteiger partial charge in [0.05, 0.1) is 24.5 Å². The molecule has 3 unspecified atom stereocenters. The molecule has 0 saturated heterocycles. The van der Waals surface area contributed by atoms with Crippen molar-refractivity contribution in [2.45, 2.75) is 69.1 Å². The molecule has 1 saturated carbocycles. The number of nitrogens with one attached hydrogen (secondary N) is 4. The minimum absolute atomic E-state index is 0.133. The molecule has 0 bridgehead atoms. The zero-order valence-corrected chi connectivity index (χ0v) is 20.1. The smallest absolute Gasteiger partial charge is 0.239 e. The summed E-state index contributed by atoms with van der Waals surface area (Å²) in [5, 5.41) is 23.0. The highest BCUT2D eigenvalue weighted by atomic mass is 16.3. The molecule has 1 aromatic carbocycles. The van der Waals surface area contributed by atoms with Crippen LogP contribution in [0.4, 0.5) is 0 Å². The van der Waals surface area contributed by atoms with Gasteiger partial charge in [-0.05, 0) is 44.1 Å². The molecule has 9 heteroatoms. The van der Waals surface area contributed by atoms with E-state index in [1.165, 1.54) is 0 Å². The number of amides is 2. The molecule has 2 rings (SSSR count). The standard InChI is InChI=1S/C25H40N6O3/c1-3-8-20(30-21(24(27)34)11-7-14-28-18(2)26)22(16-32)31-25(12-13-25)23(29-17-33)15-19-9-5-4-6-10-19/h4-6,8-10,17,21-23,28,30-32H,2-3,7,11-16,26H2,1H3,(H2,27,34)(H,29,33)/b20-8+. The van der Waals surface area contributed by atoms with E-state index >= 15 is 0 Å². The van der Waals surface area contributed by atoms with E-state index < -0.39 is 18.0 Å². The lowest BCUT2D eigenvalue weighted by Crippen LogP contribution is -2.57. The minimum Gasteiger partial charge on any atom is -0.394 e. The van der Waals surface area contributed by atoms with E-state index in [0.29, 0.717) is 38.0 Å². The zero-order valence-electron chi connectivity index (χ0n) is 20.1. The van der Waals surface area contributed by atoms with Gasteiger partial charge in [-0.2, -0.15) is 0 Å². The van der Waals surface area contributed by atoms with E-state index in [9.17, 15) is 14.7 Å². The second-order valence-corrected chi connectivity index (χ2v) is 8.82. The molecule has 0 heterocycles. The van der Waals surface area contributed by atoms with Crippen molar-refractivity contribution in [3.8, 4) is 0 Å². The van der Waals surface area contributed by atoms with E-state index in [4.69, 9.17) is 11.5 Å². The van der Waals surface area contributed by atoms with Crippen LogP contribution in [0.3, 0.4) is 0 Å². The molecule has 0 radical (unpaired) electrons. The summed E-state index contributed by atoms with van der Waals surface area (Å²) in [5.74, 6) is -0.0839. The number of aliphatic hydroxyl groups excluding tert-OH is 1. The number of carbonyl (C=O) groups is 2. The van der Waals surface area contributed by atoms with Gasteiger partial charge >= 0.3 is 0 Å². The molecule has 9 nitrogen and oxygen atoms in total. The van der Waals surface area contributed by atoms with E-state index in [1.54, 1.807) is 0 Å². The molecule has 188 valence electrons. The molecular weight excluding hydrogens is 432 g/mol. The number of hydrogen-bond donors (Lipinski definition) is 7. The average molecular weight is 473 g/mol. The van der Waals surface area contributed by atoms with Crippen LogP contribution in [0.25, 0.3) is 0 Å². The molecule has 3 atom stereocenters. The molecular formula is C25H40N6O3. The number of nitrogens with two attached hydrogens (primary N) is 2. The number of primary amides is 1. The third-order valence-corrected chi connectivity index (χ3v) is 6.16. The van der Waals surface area contributed by atoms with Crippen LogP contribution in [0.15, 0.2) is 54.5 Å². The predicted molar refractivity (Wildman–Crippen MR) is 134 cm³/mol. The molecule has 1 aliphatic carbocycles. The summed E-state index contributed by atoms with van der Waals surface area (Å²) >= 11 is 0. The van der Waals surface area contributed by atoms with Crippen LogP contribution >= 0.6 is 0 Å². The number of aliphatic hydroxyl groups is 1. The first-order valence-corrected chi connectivity index (χ1v) is 11.9. The fraction of sp³-hybridized carbons (Fsp3) is 0.520. The predicted octanol–water partition coefficient (Wildman–Crippen LogP) is 0.364. The van der Waals surface area contributed by atoms with Gasteiger partial charge in [0.1, 0.15) is 6.04 Å². The molecule has 2 amide bonds. The number of rotatable bonds is 18. The second kappa shape index (κ2) is 13.6. The van der Waals surface area contributed by atoms with Crippen molar-refractivity contribution >= 4 is 12.3 Å². The summed E-state index contributed by atoms with van der Waals surface area (Å²) < 4.78 is 0. The number of allylic oxidation sites excluding steroid dienone is 1. The molecule has 0 aromatic heterocycles. The van der Waals surface area contributed by atoms with Gasteiger partial charge in [-0.3, -0.25) is 14.9 Å². The highest BCUT2D eigenvalue weighted by Crippen LogP contribution is 2.40. The molecule has 0 spiro atoms. The summed E-state index contributed by atoms with van der Waals surface area (Å²) in [6.45, 7) is 6.00. The van der Waals surface area contributed by atoms with Gasteiger partial charge in [-0.15, -0.1) is 0 Å². The van der Waals surface area contributed by atoms with Gasteiger partial charge < -0.3 is 32.5 Å². The van der Waals surface area contributed by atoms with Gasteiger partial charge in [0, 0.05) is 17.8 Å². The Morgan fingerprint density at radius 2 is 1.94 bits per heavy atom. The normalized spacial score (nSPS) is 17.2. The van der Waals surface area contributed by atoms with E-state index in [0.717, 1.165) is 30.5 Å². The Bertz CT molecular complexity index is 825. The summed E-state index contributed by atoms with van der Waals surface area (Å²) in [7, 11) is 0. The number of carbonyl (C=O) groups excluding carboxylic acids is 2. The molecule has 9 N–H and O–H groups in total. The first-order valence-electron chi connectivity index (χ1n) is 11.9. The Hall–Kier alpha value is -3.04. The van der Waals surface area contributed by atoms with Crippen LogP contribution in [0, 0.1) is 0 Å². The first-order chi connectivity index (χ1) is 16.3. The number of benzene rings is 1. The molecule has 34 heavy (non-hydrogen) atoms. The Morgan fingerprint density at radius 3 is 2.47 bits per heavy atom. The molecule has 1 aliphatic rings. The maximum atomic E-state index is 12.1. The fourth-order valence-electron chi connectivity index (χ4n) is 4.21. The van der Waals surface area contributed by atoms with Crippen molar-refractivity contribution in [2.24, 2.45) is 11.5 Å². The fourth-order valence-corrected chi connectivity index (χ4v) is 4.21. The Labute approximate surface area is 202 Å². The van der Waals surface area contributed by atoms with Crippen LogP contribution in [-0.4, -0.2) is 54.2 Å². The van der Waals surface area contributed by atoms with Gasteiger partial charge in [0.25, 0.3) is 0 Å². The monoisotopic (exact) mass is 472 g/mol. The maximum Gasteiger partial charge on any atom is 0.239 e. The highest BCUT2D eigenvalue weighted by molar-refractivity contribution is 5.80. The van der Waals surface area contributed by atoms with Crippen LogP contribution < -0.4 is 32.7 Å². The van der Waals surface area contributed by atoms with Crippen molar-refractivity contribution in [1.82, 2.24) is 21.3 Å². The largest absolute Gasteiger partial charge is 0.394 e. The average Bonchev–Trinajstić information content (AvgIpc) is 3.60. The van der Waals surface area contributed by atoms with Crippen molar-refractivity contribution in [3.05, 3.63) is 60.1 Å². The van der Waals surface area contributed by atoms with Crippen LogP contribution in [0.5, 0.6) is 0 Å². The van der Waals surface area contributed by atoms with Gasteiger partial charge in [-0.1, -0.05) is 49.9 Å². The van der Waals surface area contributed by atoms with Crippen molar-refractivity contribution < 1.29 is 14.7 Å². The topological polar surface area (TPSA) is 155 Å². The van der Waals surface area contributed by atoms with Gasteiger partial charge in [0.2, 0.25) is 12.3 Å². The van der Waals surface area contributed by atoms with Gasteiger partial charge in [0.15, 0.2) is 0 Å². The van der Waals surface area contributed by atoms with E-state index in [2.05, 4.69) is 27.8 Å². The Morgan fingerprint density at radius 1 is 1.24 bits per heavy atom. The number of hydrogen-bond acceptors (Lipinski definition) is 7. The SMILES string of the molecule is C=C(N)NCCCC(N/C(=C/CC)C(CO)NC1(C(Cc2ccccc2)NC=O)CC1)C(N)=O. The molecule has 0 aliphatic heterocycles. The minimum atomic E-state index is -0.593. The van der Waals surface area contributed by atoms with Crippen LogP contribution in [0.1, 0.15) is 44.6 Å². The second-order valence-electron chi connectivity index (χ2n) is 8.82. The van der Waals surface area contributed by atoms with E-state index in [-0.39, 0.29) is 18.2 Å². The summed E-state index contributed by atoms with van der Waals surface area (Å²) in [5.41, 5.74) is 12.7. The lowest BCUT2D eigenvalue weighted by atomic mass is 9.96. The first kappa shape index (κ1) is 27.2. The summed E-state index contributed by atoms with van der Waals surface area (Å²) in [6.07, 6.45) is 6.99. The molecule has 1 fully saturated rings. The summed E-state index contributed by atoms with van der Waals surface area (Å²) in [6, 6.07) is 8.83. The molecule has 1 aromatic rings. The highest BCUT2D eigenvalue weighted by Gasteiger charge is 2.50. The lowest BCUT2D eigenvalue weighted by molar-refractivity contribution is -0.120. The van der Waals surface area contributed by atoms with Crippen molar-refractivity contribution in [2.75, 3.05) is 13.2 Å². The van der Waals surface area contributed by atoms with Crippen molar-refractivity contribution in [3.63, 3.8) is 0 Å². The maximum absolute atomic E-state index is 12.1. The Balaban J connectivity index is 2.11. The Kier molecular flexibility index (Phi) is 10.9. The van der Waals surface area contributed by atoms with Crippen molar-refractivity contribution in [1.29, 1.82) is 0 Å². The lowest BCUT2D eigenvalue weighted by Gasteiger charge is -2.34. The third kappa shape index (κ3) is 8.39. The van der Waals surface area contributed by atoms with Crippen LogP contribution in [-0.2, 0) is 16.0 Å². The zero-order chi connectivity index (χ0) is 25.0. The quantitative estimate of drug-likeness (QED) is 0.120.